The minimum absolute atomic E-state index is 0.0548. The monoisotopic (exact) mass is 608 g/mol. The van der Waals surface area contributed by atoms with Crippen molar-refractivity contribution in [3.63, 3.8) is 0 Å². The maximum absolute atomic E-state index is 12.9. The molecule has 12 heteroatoms. The van der Waals surface area contributed by atoms with Gasteiger partial charge in [0.15, 0.2) is 18.7 Å². The van der Waals surface area contributed by atoms with Gasteiger partial charge in [0.25, 0.3) is 0 Å². The molecule has 6 N–H and O–H groups in total. The minimum Gasteiger partial charge on any atom is -0.508 e. The highest BCUT2D eigenvalue weighted by Gasteiger charge is 2.53. The van der Waals surface area contributed by atoms with Gasteiger partial charge >= 0.3 is 5.97 Å². The second-order valence-corrected chi connectivity index (χ2v) is 11.3. The fourth-order valence-corrected chi connectivity index (χ4v) is 4.76. The number of carbonyl (C=O) groups excluding carboxylic acids is 1. The zero-order valence-electron chi connectivity index (χ0n) is 24.9. The SMILES string of the molecule is C=C[C@](C)(CCC=C(C)C)O[C@@H]1O[C@H](CO)[C@@H](OC(=O)/C=C/c2ccc(O)cc2)[C@H](O[C@@H]2O[C@@H](C)[C@H](O)[C@@H](O)[C@H]2O)[C@H]1O. The first-order valence-corrected chi connectivity index (χ1v) is 14.2. The molecule has 2 aliphatic rings. The topological polar surface area (TPSA) is 185 Å². The number of aromatic hydroxyl groups is 1. The van der Waals surface area contributed by atoms with Crippen LogP contribution in [0.4, 0.5) is 0 Å². The van der Waals surface area contributed by atoms with Gasteiger partial charge in [-0.25, -0.2) is 4.79 Å². The molecular weight excluding hydrogens is 564 g/mol. The van der Waals surface area contributed by atoms with Crippen molar-refractivity contribution in [2.75, 3.05) is 6.61 Å². The number of rotatable bonds is 12. The van der Waals surface area contributed by atoms with E-state index >= 15 is 0 Å². The van der Waals surface area contributed by atoms with Gasteiger partial charge in [-0.3, -0.25) is 0 Å². The number of hydrogen-bond acceptors (Lipinski definition) is 12. The number of ether oxygens (including phenoxy) is 5. The molecule has 0 aromatic heterocycles. The van der Waals surface area contributed by atoms with Crippen LogP contribution < -0.4 is 0 Å². The Morgan fingerprint density at radius 1 is 1.00 bits per heavy atom. The van der Waals surface area contributed by atoms with E-state index in [9.17, 15) is 35.4 Å². The van der Waals surface area contributed by atoms with Crippen molar-refractivity contribution in [3.05, 3.63) is 60.2 Å². The molecule has 12 nitrogen and oxygen atoms in total. The van der Waals surface area contributed by atoms with Crippen molar-refractivity contribution >= 4 is 12.0 Å². The van der Waals surface area contributed by atoms with Gasteiger partial charge in [-0.2, -0.15) is 0 Å². The smallest absolute Gasteiger partial charge is 0.331 e. The van der Waals surface area contributed by atoms with E-state index in [0.29, 0.717) is 18.4 Å². The Kier molecular flexibility index (Phi) is 12.5. The molecule has 2 saturated heterocycles. The summed E-state index contributed by atoms with van der Waals surface area (Å²) in [6.45, 7) is 10.3. The average Bonchev–Trinajstić information content (AvgIpc) is 2.97. The molecule has 0 saturated carbocycles. The summed E-state index contributed by atoms with van der Waals surface area (Å²) in [7, 11) is 0. The first kappa shape index (κ1) is 34.8. The van der Waals surface area contributed by atoms with Crippen LogP contribution in [0.5, 0.6) is 5.75 Å². The van der Waals surface area contributed by atoms with Gasteiger partial charge in [-0.1, -0.05) is 29.9 Å². The zero-order valence-corrected chi connectivity index (χ0v) is 24.9. The number of aliphatic hydroxyl groups excluding tert-OH is 5. The quantitative estimate of drug-likeness (QED) is 0.114. The molecular formula is C31H44O12. The van der Waals surface area contributed by atoms with Crippen LogP contribution >= 0.6 is 0 Å². The molecule has 0 unspecified atom stereocenters. The van der Waals surface area contributed by atoms with Crippen LogP contribution in [0.2, 0.25) is 0 Å². The first-order chi connectivity index (χ1) is 20.3. The second kappa shape index (κ2) is 15.4. The van der Waals surface area contributed by atoms with Gasteiger partial charge in [0.2, 0.25) is 0 Å². The Morgan fingerprint density at radius 2 is 1.67 bits per heavy atom. The number of esters is 1. The van der Waals surface area contributed by atoms with Crippen molar-refractivity contribution in [2.45, 2.75) is 108 Å². The Morgan fingerprint density at radius 3 is 2.28 bits per heavy atom. The zero-order chi connectivity index (χ0) is 31.9. The van der Waals surface area contributed by atoms with Gasteiger partial charge in [-0.05, 0) is 64.3 Å². The predicted octanol–water partition coefficient (Wildman–Crippen LogP) is 1.32. The third-order valence-electron chi connectivity index (χ3n) is 7.46. The van der Waals surface area contributed by atoms with E-state index in [-0.39, 0.29) is 5.75 Å². The molecule has 1 aromatic carbocycles. The van der Waals surface area contributed by atoms with Gasteiger partial charge in [0, 0.05) is 6.08 Å². The van der Waals surface area contributed by atoms with E-state index in [0.717, 1.165) is 11.6 Å². The highest BCUT2D eigenvalue weighted by atomic mass is 16.7. The van der Waals surface area contributed by atoms with E-state index in [2.05, 4.69) is 6.58 Å². The summed E-state index contributed by atoms with van der Waals surface area (Å²) in [5, 5.41) is 62.1. The van der Waals surface area contributed by atoms with Crippen LogP contribution in [0.15, 0.2) is 54.6 Å². The predicted molar refractivity (Wildman–Crippen MR) is 154 cm³/mol. The van der Waals surface area contributed by atoms with Crippen LogP contribution in [-0.4, -0.2) is 110 Å². The fourth-order valence-electron chi connectivity index (χ4n) is 4.76. The van der Waals surface area contributed by atoms with Crippen molar-refractivity contribution in [1.29, 1.82) is 0 Å². The summed E-state index contributed by atoms with van der Waals surface area (Å²) in [6, 6.07) is 6.04. The van der Waals surface area contributed by atoms with Crippen LogP contribution in [0.3, 0.4) is 0 Å². The summed E-state index contributed by atoms with van der Waals surface area (Å²) >= 11 is 0. The van der Waals surface area contributed by atoms with Crippen LogP contribution in [-0.2, 0) is 28.5 Å². The molecule has 43 heavy (non-hydrogen) atoms. The number of benzene rings is 1. The highest BCUT2D eigenvalue weighted by molar-refractivity contribution is 5.87. The molecule has 2 aliphatic heterocycles. The molecule has 0 amide bonds. The third kappa shape index (κ3) is 9.17. The van der Waals surface area contributed by atoms with E-state index < -0.39 is 79.6 Å². The molecule has 0 aliphatic carbocycles. The molecule has 11 atom stereocenters. The van der Waals surface area contributed by atoms with E-state index in [1.807, 2.05) is 19.9 Å². The van der Waals surface area contributed by atoms with Gasteiger partial charge in [0.05, 0.1) is 18.3 Å². The molecule has 0 radical (unpaired) electrons. The molecule has 0 spiro atoms. The maximum Gasteiger partial charge on any atom is 0.331 e. The lowest BCUT2D eigenvalue weighted by Gasteiger charge is -2.47. The van der Waals surface area contributed by atoms with Gasteiger partial charge < -0.3 is 54.3 Å². The molecule has 1 aromatic rings. The number of phenols is 1. The summed E-state index contributed by atoms with van der Waals surface area (Å²) in [4.78, 5) is 12.9. The normalized spacial score (nSPS) is 34.3. The molecule has 2 fully saturated rings. The average molecular weight is 609 g/mol. The van der Waals surface area contributed by atoms with Gasteiger partial charge in [-0.15, -0.1) is 6.58 Å². The van der Waals surface area contributed by atoms with E-state index in [1.165, 1.54) is 25.1 Å². The summed E-state index contributed by atoms with van der Waals surface area (Å²) in [5.74, 6) is -0.814. The first-order valence-electron chi connectivity index (χ1n) is 14.2. The second-order valence-electron chi connectivity index (χ2n) is 11.3. The Balaban J connectivity index is 1.88. The van der Waals surface area contributed by atoms with Crippen molar-refractivity contribution in [3.8, 4) is 5.75 Å². The number of allylic oxidation sites excluding steroid dienone is 2. The number of phenolic OH excluding ortho intramolecular Hbond substituents is 1. The third-order valence-corrected chi connectivity index (χ3v) is 7.46. The number of hydrogen-bond donors (Lipinski definition) is 6. The molecule has 0 bridgehead atoms. The minimum atomic E-state index is -1.72. The Hall–Kier alpha value is -2.65. The summed E-state index contributed by atoms with van der Waals surface area (Å²) in [5.41, 5.74) is 0.728. The Bertz CT molecular complexity index is 1120. The van der Waals surface area contributed by atoms with Crippen molar-refractivity contribution in [2.24, 2.45) is 0 Å². The number of carbonyl (C=O) groups is 1. The summed E-state index contributed by atoms with van der Waals surface area (Å²) in [6.07, 6.45) is -7.17. The molecule has 240 valence electrons. The Labute approximate surface area is 251 Å². The molecule has 2 heterocycles. The highest BCUT2D eigenvalue weighted by Crippen LogP contribution is 2.34. The van der Waals surface area contributed by atoms with Crippen molar-refractivity contribution < 1.29 is 59.1 Å². The maximum atomic E-state index is 12.9. The van der Waals surface area contributed by atoms with Crippen molar-refractivity contribution in [1.82, 2.24) is 0 Å². The van der Waals surface area contributed by atoms with Gasteiger partial charge in [0.1, 0.15) is 42.4 Å². The van der Waals surface area contributed by atoms with E-state index in [1.54, 1.807) is 25.1 Å². The van der Waals surface area contributed by atoms with Crippen LogP contribution in [0.1, 0.15) is 46.1 Å². The summed E-state index contributed by atoms with van der Waals surface area (Å²) < 4.78 is 29.1. The largest absolute Gasteiger partial charge is 0.508 e. The van der Waals surface area contributed by atoms with Crippen LogP contribution in [0, 0.1) is 0 Å². The lowest BCUT2D eigenvalue weighted by atomic mass is 9.95. The fraction of sp³-hybridized carbons (Fsp3) is 0.581. The lowest BCUT2D eigenvalue weighted by Crippen LogP contribution is -2.65. The lowest BCUT2D eigenvalue weighted by molar-refractivity contribution is -0.364. The number of aliphatic hydroxyl groups is 5. The standard InChI is InChI=1S/C31H44O12/c1-6-31(5,15-7-8-17(2)3)43-30-26(38)28(42-29-25(37)24(36)23(35)18(4)39-29)27(21(16-32)40-30)41-22(34)14-11-19-9-12-20(33)13-10-19/h6,8-14,18,21,23-30,32-33,35-38H,1,7,15-16H2,2-5H3/b14-11+/t18-,21+,23-,24+,25+,26+,27+,28+,29-,30-,31+/m0/s1. The van der Waals surface area contributed by atoms with E-state index in [4.69, 9.17) is 23.7 Å². The van der Waals surface area contributed by atoms with Crippen LogP contribution in [0.25, 0.3) is 6.08 Å². The molecule has 3 rings (SSSR count).